The van der Waals surface area contributed by atoms with Crippen LogP contribution < -0.4 is 54.0 Å². The van der Waals surface area contributed by atoms with Crippen LogP contribution in [0.3, 0.4) is 0 Å². The minimum atomic E-state index is -1.72. The van der Waals surface area contributed by atoms with Crippen molar-refractivity contribution in [3.05, 3.63) is 173 Å². The second-order valence-electron chi connectivity index (χ2n) is 34.4. The number of aliphatic hydroxyl groups is 2. The average Bonchev–Trinajstić information content (AvgIpc) is 1.78. The average molecular weight is 1880 g/mol. The van der Waals surface area contributed by atoms with Gasteiger partial charge in [0.2, 0.25) is 82.7 Å². The molecule has 1 aromatic heterocycles. The summed E-state index contributed by atoms with van der Waals surface area (Å²) >= 11 is 0.696. The van der Waals surface area contributed by atoms with Crippen LogP contribution in [0, 0.1) is 23.5 Å². The molecule has 0 saturated carbocycles. The summed E-state index contributed by atoms with van der Waals surface area (Å²) in [4.78, 5) is 249. The highest BCUT2D eigenvalue weighted by atomic mass is 32.2. The number of likely N-dealkylation sites (tertiary alicyclic amines) is 2. The first-order valence-corrected chi connectivity index (χ1v) is 45.2. The normalized spacial score (nSPS) is 17.2. The summed E-state index contributed by atoms with van der Waals surface area (Å²) in [7, 11) is 3.89. The Balaban J connectivity index is 1.04. The number of aliphatic hydroxyl groups excluding tert-OH is 2. The van der Waals surface area contributed by atoms with Gasteiger partial charge in [0.15, 0.2) is 11.6 Å². The number of thioether (sulfide) groups is 1. The predicted molar refractivity (Wildman–Crippen MR) is 486 cm³/mol. The van der Waals surface area contributed by atoms with Crippen molar-refractivity contribution in [3.8, 4) is 5.75 Å². The molecule has 134 heavy (non-hydrogen) atoms. The number of carbonyl (C=O) groups excluding carboxylic acids is 15. The lowest BCUT2D eigenvalue weighted by Crippen LogP contribution is -2.61. The number of phenols is 1. The van der Waals surface area contributed by atoms with Crippen LogP contribution in [0.25, 0.3) is 10.9 Å². The summed E-state index contributed by atoms with van der Waals surface area (Å²) in [6.45, 7) is 6.91. The number of aromatic nitrogens is 1. The Kier molecular flexibility index (Phi) is 40.0. The topological polar surface area (TPSA) is 572 Å². The van der Waals surface area contributed by atoms with Gasteiger partial charge in [-0.1, -0.05) is 145 Å². The number of unbranched alkanes of at least 4 members (excludes halogenated alkanes) is 1. The number of para-hydroxylation sites is 1. The van der Waals surface area contributed by atoms with Gasteiger partial charge in [-0.05, 0) is 89.2 Å². The van der Waals surface area contributed by atoms with Gasteiger partial charge in [-0.15, -0.1) is 11.8 Å². The van der Waals surface area contributed by atoms with Crippen molar-refractivity contribution < 1.29 is 116 Å². The Morgan fingerprint density at radius 3 is 1.64 bits per heavy atom. The lowest BCUT2D eigenvalue weighted by Gasteiger charge is -2.37. The molecule has 0 spiro atoms. The van der Waals surface area contributed by atoms with Crippen LogP contribution in [0.2, 0.25) is 0 Å². The number of benzene rings is 5. The summed E-state index contributed by atoms with van der Waals surface area (Å²) < 4.78 is 29.7. The maximum atomic E-state index is 15.5. The fraction of sp³-hybridized carbons (Fsp3) is 0.473. The van der Waals surface area contributed by atoms with Gasteiger partial charge in [0, 0.05) is 108 Å². The van der Waals surface area contributed by atoms with Crippen molar-refractivity contribution >= 4 is 124 Å². The monoisotopic (exact) mass is 1880 g/mol. The van der Waals surface area contributed by atoms with Crippen LogP contribution in [0.4, 0.5) is 8.78 Å². The van der Waals surface area contributed by atoms with Crippen LogP contribution in [-0.2, 0) is 114 Å². The van der Waals surface area contributed by atoms with Crippen molar-refractivity contribution in [2.45, 2.75) is 215 Å². The van der Waals surface area contributed by atoms with Gasteiger partial charge in [-0.2, -0.15) is 0 Å². The number of aromatic amines is 1. The number of nitrogens with one attached hydrogen (secondary N) is 9. The third-order valence-electron chi connectivity index (χ3n) is 23.3. The van der Waals surface area contributed by atoms with Crippen molar-refractivity contribution in [3.63, 3.8) is 0 Å². The minimum absolute atomic E-state index is 0.0181. The zero-order chi connectivity index (χ0) is 98.5. The number of hydrogen-bond acceptors (Lipinski definition) is 22. The lowest BCUT2D eigenvalue weighted by molar-refractivity contribution is -0.152. The van der Waals surface area contributed by atoms with E-state index < -0.39 is 266 Å². The summed E-state index contributed by atoms with van der Waals surface area (Å²) in [6.07, 6.45) is -4.60. The first kappa shape index (κ1) is 106. The van der Waals surface area contributed by atoms with Crippen LogP contribution >= 0.6 is 11.8 Å². The molecule has 14 amide bonds. The van der Waals surface area contributed by atoms with Crippen molar-refractivity contribution in [1.29, 1.82) is 0 Å². The largest absolute Gasteiger partial charge is 0.508 e. The van der Waals surface area contributed by atoms with Crippen LogP contribution in [0.1, 0.15) is 120 Å². The van der Waals surface area contributed by atoms with Crippen molar-refractivity contribution in [2.24, 2.45) is 23.3 Å². The second kappa shape index (κ2) is 50.5. The molecule has 2 aliphatic heterocycles. The number of aldehydes is 1. The van der Waals surface area contributed by atoms with Crippen LogP contribution in [-0.4, -0.2) is 299 Å². The molecule has 2 saturated heterocycles. The second-order valence-corrected chi connectivity index (χ2v) is 35.4. The molecular formula is C93H120F2N16O22S. The van der Waals surface area contributed by atoms with Crippen molar-refractivity contribution in [2.75, 3.05) is 52.3 Å². The number of halogens is 2. The van der Waals surface area contributed by atoms with Gasteiger partial charge < -0.3 is 114 Å². The molecule has 1 unspecified atom stereocenters. The molecule has 8 rings (SSSR count). The molecular weight excluding hydrogens is 1760 g/mol. The Morgan fingerprint density at radius 2 is 1.07 bits per heavy atom. The Hall–Kier alpha value is -13.3. The molecule has 38 nitrogen and oxygen atoms in total. The number of aliphatic carboxylic acids is 2. The van der Waals surface area contributed by atoms with Gasteiger partial charge >= 0.3 is 11.9 Å². The summed E-state index contributed by atoms with van der Waals surface area (Å²) in [6, 6.07) is 12.1. The van der Waals surface area contributed by atoms with Gasteiger partial charge in [-0.25, -0.2) is 8.78 Å². The standard InChI is InChI=1S/C93H120F2N16O22S/c1-9-10-25-72(92(132)111-47-61(115)42-74(111)87(127)100-58(48-112)41-80(120)121)107(6)91(131)76(39-54-21-15-12-16-22-54)109(8)89(129)70(37-56-28-31-63(94)64(95)35-56)101-78(117)50-134-49-71(82(122)99-45-77(96)116)106-83(123)67(34-51(2)3)103-84(124)68(36-55-26-29-59(113)30-27-55)104-85(125)69(40-57-44-98-65-24-18-17-23-62(57)65)105-88(128)75-43-60(114)46-110(75)90(130)66(32-33-79(118)119)102-86(126)73(38-53-19-13-11-14-20-53)108(7)93(133)81(97)52(4)5/h11-24,26-31,35,44,48,51-52,58,60-61,66-76,81,98,113-115H,9-10,25,32-34,36-43,45-47,49-50,97H2,1-8H3,(H2,96,116)(H,99,122)(H,100,127)(H,101,117)(H,102,126)(H,103,124)(H,104,125)(H,105,128)(H,106,123)(H,118,119)(H,120,121)/t58-,60-,61-,66-,67-,68-,69-,70-,71-,72-,73?,74+,75+,76-,81-/m0/s1. The number of likely N-dealkylation sites (N-methyl/N-ethyl adjacent to an activating group) is 3. The number of carboxylic acids is 2. The number of carbonyl (C=O) groups is 17. The van der Waals surface area contributed by atoms with E-state index in [1.807, 2.05) is 6.92 Å². The number of phenolic OH excluding ortho intramolecular Hbond substituents is 1. The number of carboxylic acid groups (broad SMARTS) is 2. The molecule has 0 radical (unpaired) electrons. The quantitative estimate of drug-likeness (QED) is 0.0232. The van der Waals surface area contributed by atoms with E-state index in [4.69, 9.17) is 11.5 Å². The maximum Gasteiger partial charge on any atom is 0.305 e. The van der Waals surface area contributed by atoms with Gasteiger partial charge in [0.25, 0.3) is 0 Å². The first-order chi connectivity index (χ1) is 63.6. The number of nitrogens with zero attached hydrogens (tertiary/aromatic N) is 5. The molecule has 3 heterocycles. The van der Waals surface area contributed by atoms with Crippen LogP contribution in [0.15, 0.2) is 134 Å². The molecule has 18 N–H and O–H groups in total. The van der Waals surface area contributed by atoms with E-state index in [1.54, 1.807) is 119 Å². The van der Waals surface area contributed by atoms with Gasteiger partial charge in [-0.3, -0.25) is 76.7 Å². The zero-order valence-corrected chi connectivity index (χ0v) is 76.6. The summed E-state index contributed by atoms with van der Waals surface area (Å²) in [5.74, 6) is -20.7. The molecule has 0 aliphatic carbocycles. The predicted octanol–water partition coefficient (Wildman–Crippen LogP) is 0.556. The SMILES string of the molecule is CCCC[C@@H](C(=O)N1C[C@@H](O)C[C@@H]1C(=O)N[C@H](C=O)CC(=O)O)N(C)C(=O)[C@H](Cc1ccccc1)N(C)C(=O)[C@H](Cc1ccc(F)c(F)c1)NC(=O)CSC[C@H](NC(=O)[C@H](CC(C)C)NC(=O)[C@H](Cc1ccc(O)cc1)NC(=O)[C@H](Cc1c[nH]c2ccccc12)NC(=O)[C@H]1C[C@H](O)CN1C(=O)[C@H](CCC(=O)O)NC(=O)C(Cc1ccccc1)N(C)C(=O)[C@@H](N)C(C)C)C(=O)NCC(N)=O. The highest BCUT2D eigenvalue weighted by Gasteiger charge is 2.48. The highest BCUT2D eigenvalue weighted by molar-refractivity contribution is 8.00. The van der Waals surface area contributed by atoms with E-state index in [-0.39, 0.29) is 68.5 Å². The minimum Gasteiger partial charge on any atom is -0.508 e. The van der Waals surface area contributed by atoms with Crippen LogP contribution in [0.5, 0.6) is 5.75 Å². The number of H-pyrrole nitrogens is 1. The number of primary amides is 1. The molecule has 15 atom stereocenters. The third kappa shape index (κ3) is 30.6. The number of nitrogens with two attached hydrogens (primary N) is 2. The van der Waals surface area contributed by atoms with E-state index in [2.05, 4.69) is 47.5 Å². The third-order valence-corrected chi connectivity index (χ3v) is 24.3. The number of β-amino-alcohol motifs (C(OH)–C–C–N with tert-alkyl or cyclic N) is 2. The molecule has 2 aliphatic rings. The summed E-state index contributed by atoms with van der Waals surface area (Å²) in [5, 5.41) is 73.1. The van der Waals surface area contributed by atoms with Gasteiger partial charge in [0.1, 0.15) is 78.5 Å². The molecule has 6 aromatic rings. The molecule has 2 fully saturated rings. The number of hydrogen-bond donors (Lipinski definition) is 16. The molecule has 0 bridgehead atoms. The van der Waals surface area contributed by atoms with Crippen molar-refractivity contribution in [1.82, 2.24) is 72.0 Å². The van der Waals surface area contributed by atoms with E-state index in [0.717, 1.165) is 42.7 Å². The number of aromatic hydroxyl groups is 1. The fourth-order valence-corrected chi connectivity index (χ4v) is 16.7. The number of amides is 14. The van der Waals surface area contributed by atoms with E-state index in [9.17, 15) is 77.9 Å². The van der Waals surface area contributed by atoms with E-state index in [0.29, 0.717) is 57.8 Å². The molecule has 724 valence electrons. The smallest absolute Gasteiger partial charge is 0.305 e. The highest BCUT2D eigenvalue weighted by Crippen LogP contribution is 2.29. The van der Waals surface area contributed by atoms with E-state index >= 15 is 38.0 Å². The zero-order valence-electron chi connectivity index (χ0n) is 75.8. The fourth-order valence-electron chi connectivity index (χ4n) is 15.9. The Labute approximate surface area is 777 Å². The van der Waals surface area contributed by atoms with E-state index in [1.165, 1.54) is 45.4 Å². The van der Waals surface area contributed by atoms with Gasteiger partial charge in [0.05, 0.1) is 43.0 Å². The molecule has 41 heteroatoms. The summed E-state index contributed by atoms with van der Waals surface area (Å²) in [5.41, 5.74) is 14.2. The maximum absolute atomic E-state index is 15.5. The lowest BCUT2D eigenvalue weighted by atomic mass is 9.99. The first-order valence-electron chi connectivity index (χ1n) is 44.1. The number of fused-ring (bicyclic) bond motifs is 1. The Morgan fingerprint density at radius 1 is 0.545 bits per heavy atom. The Bertz CT molecular complexity index is 5160. The number of rotatable bonds is 50. The molecule has 5 aromatic carbocycles.